The topological polar surface area (TPSA) is 42.7 Å². The first kappa shape index (κ1) is 11.6. The summed E-state index contributed by atoms with van der Waals surface area (Å²) in [7, 11) is 4.03. The van der Waals surface area contributed by atoms with Crippen LogP contribution in [0.3, 0.4) is 0 Å². The van der Waals surface area contributed by atoms with Gasteiger partial charge in [-0.05, 0) is 25.3 Å². The molecular formula is C12H22N4. The second kappa shape index (κ2) is 4.95. The number of rotatable bonds is 4. The van der Waals surface area contributed by atoms with Crippen LogP contribution in [0.15, 0.2) is 6.33 Å². The summed E-state index contributed by atoms with van der Waals surface area (Å²) in [5.41, 5.74) is 0. The molecule has 1 saturated carbocycles. The van der Waals surface area contributed by atoms with Gasteiger partial charge >= 0.3 is 0 Å². The number of aryl methyl sites for hydroxylation is 1. The maximum atomic E-state index is 4.31. The molecule has 0 aliphatic heterocycles. The molecule has 4 heteroatoms. The fourth-order valence-electron chi connectivity index (χ4n) is 2.94. The van der Waals surface area contributed by atoms with Crippen molar-refractivity contribution in [3.05, 3.63) is 12.2 Å². The molecule has 0 spiro atoms. The number of aromatic nitrogens is 3. The molecule has 1 aromatic rings. The van der Waals surface area contributed by atoms with Crippen molar-refractivity contribution in [1.29, 1.82) is 0 Å². The van der Waals surface area contributed by atoms with Gasteiger partial charge < -0.3 is 5.32 Å². The molecule has 90 valence electrons. The van der Waals surface area contributed by atoms with Crippen molar-refractivity contribution in [1.82, 2.24) is 20.1 Å². The molecule has 0 bridgehead atoms. The highest BCUT2D eigenvalue weighted by atomic mass is 15.3. The van der Waals surface area contributed by atoms with E-state index in [2.05, 4.69) is 29.4 Å². The maximum Gasteiger partial charge on any atom is 0.138 e. The van der Waals surface area contributed by atoms with E-state index in [4.69, 9.17) is 0 Å². The number of hydrogen-bond donors (Lipinski definition) is 1. The van der Waals surface area contributed by atoms with Gasteiger partial charge in [-0.25, -0.2) is 4.98 Å². The second-order valence-corrected chi connectivity index (χ2v) is 4.97. The van der Waals surface area contributed by atoms with Gasteiger partial charge in [0, 0.05) is 19.5 Å². The molecule has 3 atom stereocenters. The largest absolute Gasteiger partial charge is 0.316 e. The highest BCUT2D eigenvalue weighted by Gasteiger charge is 2.30. The third kappa shape index (κ3) is 2.26. The van der Waals surface area contributed by atoms with Gasteiger partial charge in [-0.1, -0.05) is 19.8 Å². The average Bonchev–Trinajstić information content (AvgIpc) is 2.85. The van der Waals surface area contributed by atoms with Crippen LogP contribution in [0.4, 0.5) is 0 Å². The van der Waals surface area contributed by atoms with Crippen LogP contribution in [0, 0.1) is 11.8 Å². The van der Waals surface area contributed by atoms with E-state index in [1.54, 1.807) is 6.33 Å². The Labute approximate surface area is 97.5 Å². The van der Waals surface area contributed by atoms with Gasteiger partial charge in [0.2, 0.25) is 0 Å². The molecule has 16 heavy (non-hydrogen) atoms. The van der Waals surface area contributed by atoms with Crippen LogP contribution >= 0.6 is 0 Å². The summed E-state index contributed by atoms with van der Waals surface area (Å²) in [6.07, 6.45) is 6.73. The molecule has 1 fully saturated rings. The van der Waals surface area contributed by atoms with Crippen molar-refractivity contribution < 1.29 is 0 Å². The maximum absolute atomic E-state index is 4.31. The van der Waals surface area contributed by atoms with Gasteiger partial charge in [-0.2, -0.15) is 5.10 Å². The highest BCUT2D eigenvalue weighted by Crippen LogP contribution is 2.34. The summed E-state index contributed by atoms with van der Waals surface area (Å²) < 4.78 is 1.88. The van der Waals surface area contributed by atoms with E-state index in [1.807, 2.05) is 11.7 Å². The zero-order valence-corrected chi connectivity index (χ0v) is 10.5. The molecule has 1 aliphatic rings. The fraction of sp³-hybridized carbons (Fsp3) is 0.833. The monoisotopic (exact) mass is 222 g/mol. The molecule has 2 rings (SSSR count). The standard InChI is InChI=1S/C12H22N4/c1-9-5-4-6-10(9)11(13-2)7-12-14-8-15-16(12)3/h8-11,13H,4-7H2,1-3H3. The zero-order chi connectivity index (χ0) is 11.5. The predicted molar refractivity (Wildman–Crippen MR) is 64.1 cm³/mol. The van der Waals surface area contributed by atoms with Crippen LogP contribution in [0.2, 0.25) is 0 Å². The summed E-state index contributed by atoms with van der Waals surface area (Å²) in [4.78, 5) is 4.31. The Balaban J connectivity index is 2.03. The van der Waals surface area contributed by atoms with E-state index in [9.17, 15) is 0 Å². The minimum absolute atomic E-state index is 0.542. The van der Waals surface area contributed by atoms with Crippen molar-refractivity contribution in [2.45, 2.75) is 38.6 Å². The summed E-state index contributed by atoms with van der Waals surface area (Å²) in [6, 6.07) is 0.542. The lowest BCUT2D eigenvalue weighted by Crippen LogP contribution is -2.37. The number of likely N-dealkylation sites (N-methyl/N-ethyl adjacent to an activating group) is 1. The molecule has 4 nitrogen and oxygen atoms in total. The van der Waals surface area contributed by atoms with Gasteiger partial charge in [0.1, 0.15) is 12.2 Å². The van der Waals surface area contributed by atoms with Crippen LogP contribution in [0.25, 0.3) is 0 Å². The van der Waals surface area contributed by atoms with Gasteiger partial charge in [-0.3, -0.25) is 4.68 Å². The summed E-state index contributed by atoms with van der Waals surface area (Å²) in [6.45, 7) is 2.37. The first-order chi connectivity index (χ1) is 7.72. The molecule has 0 radical (unpaired) electrons. The Kier molecular flexibility index (Phi) is 3.59. The summed E-state index contributed by atoms with van der Waals surface area (Å²) in [5.74, 6) is 2.71. The van der Waals surface area contributed by atoms with Crippen molar-refractivity contribution in [3.63, 3.8) is 0 Å². The molecule has 0 amide bonds. The van der Waals surface area contributed by atoms with E-state index in [0.29, 0.717) is 6.04 Å². The number of nitrogens with one attached hydrogen (secondary N) is 1. The smallest absolute Gasteiger partial charge is 0.138 e. The van der Waals surface area contributed by atoms with Crippen molar-refractivity contribution in [2.24, 2.45) is 18.9 Å². The second-order valence-electron chi connectivity index (χ2n) is 4.97. The van der Waals surface area contributed by atoms with Gasteiger partial charge in [0.25, 0.3) is 0 Å². The molecule has 0 aromatic carbocycles. The third-order valence-electron chi connectivity index (χ3n) is 4.02. The van der Waals surface area contributed by atoms with E-state index < -0.39 is 0 Å². The van der Waals surface area contributed by atoms with Crippen LogP contribution in [-0.4, -0.2) is 27.9 Å². The van der Waals surface area contributed by atoms with E-state index in [1.165, 1.54) is 19.3 Å². The molecule has 1 heterocycles. The average molecular weight is 222 g/mol. The van der Waals surface area contributed by atoms with Gasteiger partial charge in [0.05, 0.1) is 0 Å². The molecule has 1 aromatic heterocycles. The SMILES string of the molecule is CNC(Cc1ncnn1C)C1CCCC1C. The van der Waals surface area contributed by atoms with Crippen LogP contribution < -0.4 is 5.32 Å². The summed E-state index contributed by atoms with van der Waals surface area (Å²) >= 11 is 0. The van der Waals surface area contributed by atoms with Crippen LogP contribution in [-0.2, 0) is 13.5 Å². The molecule has 1 aliphatic carbocycles. The quantitative estimate of drug-likeness (QED) is 0.837. The Hall–Kier alpha value is -0.900. The first-order valence-corrected chi connectivity index (χ1v) is 6.22. The Morgan fingerprint density at radius 2 is 2.38 bits per heavy atom. The molecule has 1 N–H and O–H groups in total. The molecule has 3 unspecified atom stereocenters. The third-order valence-corrected chi connectivity index (χ3v) is 4.02. The fourth-order valence-corrected chi connectivity index (χ4v) is 2.94. The Morgan fingerprint density at radius 1 is 1.56 bits per heavy atom. The molecular weight excluding hydrogens is 200 g/mol. The number of nitrogens with zero attached hydrogens (tertiary/aromatic N) is 3. The Morgan fingerprint density at radius 3 is 2.88 bits per heavy atom. The zero-order valence-electron chi connectivity index (χ0n) is 10.5. The van der Waals surface area contributed by atoms with E-state index >= 15 is 0 Å². The van der Waals surface area contributed by atoms with Gasteiger partial charge in [0.15, 0.2) is 0 Å². The Bertz CT molecular complexity index is 334. The minimum atomic E-state index is 0.542. The van der Waals surface area contributed by atoms with Crippen LogP contribution in [0.5, 0.6) is 0 Å². The normalized spacial score (nSPS) is 27.2. The van der Waals surface area contributed by atoms with Crippen molar-refractivity contribution in [2.75, 3.05) is 7.05 Å². The summed E-state index contributed by atoms with van der Waals surface area (Å²) in [5, 5.41) is 7.59. The number of hydrogen-bond acceptors (Lipinski definition) is 3. The lowest BCUT2D eigenvalue weighted by molar-refractivity contribution is 0.303. The predicted octanol–water partition coefficient (Wildman–Crippen LogP) is 1.38. The van der Waals surface area contributed by atoms with Gasteiger partial charge in [-0.15, -0.1) is 0 Å². The first-order valence-electron chi connectivity index (χ1n) is 6.22. The highest BCUT2D eigenvalue weighted by molar-refractivity contribution is 4.93. The van der Waals surface area contributed by atoms with Crippen molar-refractivity contribution in [3.8, 4) is 0 Å². The van der Waals surface area contributed by atoms with Crippen molar-refractivity contribution >= 4 is 0 Å². The minimum Gasteiger partial charge on any atom is -0.316 e. The lowest BCUT2D eigenvalue weighted by atomic mass is 9.88. The van der Waals surface area contributed by atoms with E-state index in [-0.39, 0.29) is 0 Å². The van der Waals surface area contributed by atoms with E-state index in [0.717, 1.165) is 24.1 Å². The lowest BCUT2D eigenvalue weighted by Gasteiger charge is -2.26. The molecule has 0 saturated heterocycles. The van der Waals surface area contributed by atoms with Crippen LogP contribution in [0.1, 0.15) is 32.0 Å².